The lowest BCUT2D eigenvalue weighted by Crippen LogP contribution is -1.88. The topological polar surface area (TPSA) is 25.8 Å². The standard InChI is InChI=1S/C11H9BrN2/c1-8-11(6-13-7-14-8)9-3-2-4-10(12)5-9/h2-7H,1H3. The maximum Gasteiger partial charge on any atom is 0.115 e. The summed E-state index contributed by atoms with van der Waals surface area (Å²) in [5.41, 5.74) is 3.21. The molecule has 2 aromatic rings. The maximum absolute atomic E-state index is 4.16. The van der Waals surface area contributed by atoms with Crippen LogP contribution in [-0.4, -0.2) is 9.97 Å². The lowest BCUT2D eigenvalue weighted by atomic mass is 10.1. The van der Waals surface area contributed by atoms with Crippen molar-refractivity contribution in [2.75, 3.05) is 0 Å². The van der Waals surface area contributed by atoms with Crippen LogP contribution in [0, 0.1) is 6.92 Å². The minimum atomic E-state index is 0.998. The zero-order valence-electron chi connectivity index (χ0n) is 7.74. The predicted octanol–water partition coefficient (Wildman–Crippen LogP) is 3.21. The predicted molar refractivity (Wildman–Crippen MR) is 59.9 cm³/mol. The van der Waals surface area contributed by atoms with E-state index in [4.69, 9.17) is 0 Å². The van der Waals surface area contributed by atoms with Gasteiger partial charge in [-0.2, -0.15) is 0 Å². The third-order valence-corrected chi connectivity index (χ3v) is 2.54. The monoisotopic (exact) mass is 248 g/mol. The highest BCUT2D eigenvalue weighted by atomic mass is 79.9. The lowest BCUT2D eigenvalue weighted by molar-refractivity contribution is 1.10. The van der Waals surface area contributed by atoms with Crippen molar-refractivity contribution in [3.63, 3.8) is 0 Å². The second-order valence-electron chi connectivity index (χ2n) is 3.03. The van der Waals surface area contributed by atoms with E-state index in [1.165, 1.54) is 0 Å². The van der Waals surface area contributed by atoms with Gasteiger partial charge >= 0.3 is 0 Å². The van der Waals surface area contributed by atoms with E-state index in [-0.39, 0.29) is 0 Å². The minimum absolute atomic E-state index is 0.998. The molecule has 0 aliphatic rings. The molecule has 0 fully saturated rings. The van der Waals surface area contributed by atoms with Crippen LogP contribution in [0.5, 0.6) is 0 Å². The summed E-state index contributed by atoms with van der Waals surface area (Å²) >= 11 is 3.44. The smallest absolute Gasteiger partial charge is 0.115 e. The summed E-state index contributed by atoms with van der Waals surface area (Å²) < 4.78 is 1.07. The van der Waals surface area contributed by atoms with Gasteiger partial charge in [0.1, 0.15) is 6.33 Å². The first kappa shape index (κ1) is 9.34. The fraction of sp³-hybridized carbons (Fsp3) is 0.0909. The Morgan fingerprint density at radius 1 is 1.29 bits per heavy atom. The SMILES string of the molecule is Cc1ncncc1-c1cccc(Br)c1. The van der Waals surface area contributed by atoms with E-state index in [9.17, 15) is 0 Å². The van der Waals surface area contributed by atoms with Crippen LogP contribution in [0.1, 0.15) is 5.69 Å². The van der Waals surface area contributed by atoms with Crippen LogP contribution < -0.4 is 0 Å². The molecule has 0 aliphatic carbocycles. The Morgan fingerprint density at radius 3 is 2.86 bits per heavy atom. The second-order valence-corrected chi connectivity index (χ2v) is 3.95. The van der Waals surface area contributed by atoms with Crippen molar-refractivity contribution in [3.8, 4) is 11.1 Å². The molecule has 0 bridgehead atoms. The number of halogens is 1. The Morgan fingerprint density at radius 2 is 2.14 bits per heavy atom. The zero-order valence-corrected chi connectivity index (χ0v) is 9.32. The summed E-state index contributed by atoms with van der Waals surface area (Å²) in [5.74, 6) is 0. The summed E-state index contributed by atoms with van der Waals surface area (Å²) in [6.45, 7) is 1.98. The molecule has 2 nitrogen and oxygen atoms in total. The van der Waals surface area contributed by atoms with Gasteiger partial charge in [-0.05, 0) is 24.6 Å². The van der Waals surface area contributed by atoms with Gasteiger partial charge in [0.25, 0.3) is 0 Å². The first-order valence-corrected chi connectivity index (χ1v) is 5.09. The Bertz CT molecular complexity index is 455. The summed E-state index contributed by atoms with van der Waals surface area (Å²) in [6, 6.07) is 8.12. The molecule has 0 amide bonds. The van der Waals surface area contributed by atoms with Crippen molar-refractivity contribution >= 4 is 15.9 Å². The highest BCUT2D eigenvalue weighted by Gasteiger charge is 2.02. The van der Waals surface area contributed by atoms with Gasteiger partial charge in [0.05, 0.1) is 0 Å². The molecule has 1 aromatic carbocycles. The molecule has 14 heavy (non-hydrogen) atoms. The fourth-order valence-electron chi connectivity index (χ4n) is 1.33. The van der Waals surface area contributed by atoms with E-state index < -0.39 is 0 Å². The molecule has 1 aromatic heterocycles. The van der Waals surface area contributed by atoms with Gasteiger partial charge in [0.15, 0.2) is 0 Å². The number of aromatic nitrogens is 2. The van der Waals surface area contributed by atoms with Crippen molar-refractivity contribution in [1.82, 2.24) is 9.97 Å². The van der Waals surface area contributed by atoms with Gasteiger partial charge in [-0.25, -0.2) is 9.97 Å². The van der Waals surface area contributed by atoms with Gasteiger partial charge < -0.3 is 0 Å². The molecule has 0 N–H and O–H groups in total. The van der Waals surface area contributed by atoms with Gasteiger partial charge in [-0.3, -0.25) is 0 Å². The molecule has 1 heterocycles. The van der Waals surface area contributed by atoms with E-state index in [1.807, 2.05) is 25.3 Å². The first-order chi connectivity index (χ1) is 6.77. The van der Waals surface area contributed by atoms with E-state index >= 15 is 0 Å². The number of nitrogens with zero attached hydrogens (tertiary/aromatic N) is 2. The Balaban J connectivity index is 2.55. The number of rotatable bonds is 1. The molecule has 0 aliphatic heterocycles. The largest absolute Gasteiger partial charge is 0.244 e. The van der Waals surface area contributed by atoms with Crippen molar-refractivity contribution in [1.29, 1.82) is 0 Å². The number of hydrogen-bond donors (Lipinski definition) is 0. The van der Waals surface area contributed by atoms with Crippen LogP contribution in [0.4, 0.5) is 0 Å². The molecule has 3 heteroatoms. The Hall–Kier alpha value is -1.22. The summed E-state index contributed by atoms with van der Waals surface area (Å²) in [4.78, 5) is 8.18. The van der Waals surface area contributed by atoms with Gasteiger partial charge in [-0.1, -0.05) is 28.1 Å². The van der Waals surface area contributed by atoms with Gasteiger partial charge in [0.2, 0.25) is 0 Å². The molecule has 0 saturated carbocycles. The second kappa shape index (κ2) is 3.88. The van der Waals surface area contributed by atoms with Crippen molar-refractivity contribution in [2.24, 2.45) is 0 Å². The normalized spacial score (nSPS) is 10.1. The van der Waals surface area contributed by atoms with Crippen LogP contribution in [-0.2, 0) is 0 Å². The first-order valence-electron chi connectivity index (χ1n) is 4.30. The maximum atomic E-state index is 4.16. The quantitative estimate of drug-likeness (QED) is 0.775. The summed E-state index contributed by atoms with van der Waals surface area (Å²) in [7, 11) is 0. The van der Waals surface area contributed by atoms with Crippen molar-refractivity contribution in [3.05, 3.63) is 47.0 Å². The highest BCUT2D eigenvalue weighted by molar-refractivity contribution is 9.10. The number of hydrogen-bond acceptors (Lipinski definition) is 2. The third-order valence-electron chi connectivity index (χ3n) is 2.05. The molecule has 2 rings (SSSR count). The van der Waals surface area contributed by atoms with Crippen LogP contribution in [0.2, 0.25) is 0 Å². The van der Waals surface area contributed by atoms with Gasteiger partial charge in [0, 0.05) is 21.9 Å². The van der Waals surface area contributed by atoms with Crippen LogP contribution >= 0.6 is 15.9 Å². The van der Waals surface area contributed by atoms with E-state index in [1.54, 1.807) is 6.33 Å². The third kappa shape index (κ3) is 1.82. The highest BCUT2D eigenvalue weighted by Crippen LogP contribution is 2.23. The van der Waals surface area contributed by atoms with E-state index in [0.29, 0.717) is 0 Å². The Kier molecular flexibility index (Phi) is 2.59. The van der Waals surface area contributed by atoms with E-state index in [0.717, 1.165) is 21.3 Å². The fourth-order valence-corrected chi connectivity index (χ4v) is 1.73. The molecule has 0 atom stereocenters. The summed E-state index contributed by atoms with van der Waals surface area (Å²) in [5, 5.41) is 0. The van der Waals surface area contributed by atoms with Gasteiger partial charge in [-0.15, -0.1) is 0 Å². The molecule has 70 valence electrons. The average molecular weight is 249 g/mol. The van der Waals surface area contributed by atoms with Crippen LogP contribution in [0.15, 0.2) is 41.3 Å². The minimum Gasteiger partial charge on any atom is -0.244 e. The summed E-state index contributed by atoms with van der Waals surface area (Å²) in [6.07, 6.45) is 3.40. The zero-order chi connectivity index (χ0) is 9.97. The molecular weight excluding hydrogens is 240 g/mol. The number of aryl methyl sites for hydroxylation is 1. The van der Waals surface area contributed by atoms with E-state index in [2.05, 4.69) is 38.0 Å². The molecule has 0 radical (unpaired) electrons. The average Bonchev–Trinajstić information content (AvgIpc) is 2.18. The van der Waals surface area contributed by atoms with Crippen LogP contribution in [0.25, 0.3) is 11.1 Å². The number of benzene rings is 1. The molecule has 0 spiro atoms. The molecule has 0 saturated heterocycles. The molecular formula is C11H9BrN2. The molecule has 0 unspecified atom stereocenters. The Labute approximate surface area is 91.2 Å². The van der Waals surface area contributed by atoms with Crippen molar-refractivity contribution in [2.45, 2.75) is 6.92 Å². The lowest BCUT2D eigenvalue weighted by Gasteiger charge is -2.03. The van der Waals surface area contributed by atoms with Crippen LogP contribution in [0.3, 0.4) is 0 Å². The van der Waals surface area contributed by atoms with Crippen molar-refractivity contribution < 1.29 is 0 Å².